The normalized spacial score (nSPS) is 10.8. The average Bonchev–Trinajstić information content (AvgIpc) is 2.79. The summed E-state index contributed by atoms with van der Waals surface area (Å²) in [7, 11) is 0. The summed E-state index contributed by atoms with van der Waals surface area (Å²) >= 11 is 0. The third-order valence-electron chi connectivity index (χ3n) is 5.37. The van der Waals surface area contributed by atoms with Gasteiger partial charge in [-0.3, -0.25) is 9.78 Å². The van der Waals surface area contributed by atoms with Crippen molar-refractivity contribution in [1.82, 2.24) is 9.97 Å². The van der Waals surface area contributed by atoms with Crippen LogP contribution in [0, 0.1) is 13.8 Å². The number of hydrogen-bond acceptors (Lipinski definition) is 5. The molecule has 0 bridgehead atoms. The van der Waals surface area contributed by atoms with Crippen LogP contribution in [0.15, 0.2) is 54.9 Å². The molecule has 0 amide bonds. The van der Waals surface area contributed by atoms with Gasteiger partial charge in [0.15, 0.2) is 0 Å². The van der Waals surface area contributed by atoms with E-state index in [-0.39, 0.29) is 5.97 Å². The highest BCUT2D eigenvalue weighted by Gasteiger charge is 2.13. The molecule has 0 unspecified atom stereocenters. The van der Waals surface area contributed by atoms with Crippen molar-refractivity contribution in [3.05, 3.63) is 71.5 Å². The minimum atomic E-state index is -0.184. The summed E-state index contributed by atoms with van der Waals surface area (Å²) in [5, 5.41) is 0. The van der Waals surface area contributed by atoms with Crippen LogP contribution in [0.25, 0.3) is 11.3 Å². The predicted molar refractivity (Wildman–Crippen MR) is 130 cm³/mol. The fourth-order valence-corrected chi connectivity index (χ4v) is 3.52. The van der Waals surface area contributed by atoms with Crippen LogP contribution in [0.5, 0.6) is 5.75 Å². The largest absolute Gasteiger partial charge is 0.426 e. The van der Waals surface area contributed by atoms with Gasteiger partial charge in [0, 0.05) is 25.1 Å². The van der Waals surface area contributed by atoms with E-state index < -0.39 is 0 Å². The second kappa shape index (κ2) is 11.4. The number of anilines is 1. The van der Waals surface area contributed by atoms with Crippen molar-refractivity contribution in [2.24, 2.45) is 0 Å². The molecule has 168 valence electrons. The minimum Gasteiger partial charge on any atom is -0.426 e. The number of nitrogens with zero attached hydrogens (tertiary/aromatic N) is 3. The molecular formula is C27H33N3O2. The molecule has 0 aliphatic heterocycles. The van der Waals surface area contributed by atoms with Crippen molar-refractivity contribution < 1.29 is 9.53 Å². The molecule has 0 saturated carbocycles. The van der Waals surface area contributed by atoms with Crippen LogP contribution in [0.2, 0.25) is 0 Å². The number of benzene rings is 2. The van der Waals surface area contributed by atoms with Gasteiger partial charge in [0.2, 0.25) is 0 Å². The molecule has 0 radical (unpaired) electrons. The van der Waals surface area contributed by atoms with Gasteiger partial charge in [0.1, 0.15) is 11.6 Å². The van der Waals surface area contributed by atoms with Crippen LogP contribution in [0.3, 0.4) is 0 Å². The first-order valence-electron chi connectivity index (χ1n) is 11.4. The zero-order chi connectivity index (χ0) is 22.9. The fourth-order valence-electron chi connectivity index (χ4n) is 3.52. The van der Waals surface area contributed by atoms with Crippen molar-refractivity contribution in [3.8, 4) is 17.0 Å². The number of ether oxygens (including phenoxy) is 1. The highest BCUT2D eigenvalue weighted by atomic mass is 16.5. The van der Waals surface area contributed by atoms with E-state index in [9.17, 15) is 4.79 Å². The molecule has 2 aromatic carbocycles. The van der Waals surface area contributed by atoms with Crippen molar-refractivity contribution in [1.29, 1.82) is 0 Å². The molecule has 0 atom stereocenters. The van der Waals surface area contributed by atoms with Gasteiger partial charge in [-0.1, -0.05) is 62.2 Å². The molecule has 5 nitrogen and oxygen atoms in total. The van der Waals surface area contributed by atoms with Gasteiger partial charge in [-0.25, -0.2) is 4.98 Å². The van der Waals surface area contributed by atoms with Gasteiger partial charge in [0.05, 0.1) is 18.1 Å². The molecule has 3 rings (SSSR count). The van der Waals surface area contributed by atoms with E-state index in [0.717, 1.165) is 60.6 Å². The number of aryl methyl sites for hydroxylation is 2. The number of rotatable bonds is 10. The van der Waals surface area contributed by atoms with Crippen molar-refractivity contribution in [3.63, 3.8) is 0 Å². The zero-order valence-corrected chi connectivity index (χ0v) is 19.6. The maximum absolute atomic E-state index is 11.9. The van der Waals surface area contributed by atoms with Crippen LogP contribution < -0.4 is 9.64 Å². The Bertz CT molecular complexity index is 1030. The average molecular weight is 432 g/mol. The Morgan fingerprint density at radius 3 is 2.47 bits per heavy atom. The van der Waals surface area contributed by atoms with Crippen molar-refractivity contribution in [2.45, 2.75) is 59.9 Å². The molecule has 0 aliphatic rings. The summed E-state index contributed by atoms with van der Waals surface area (Å²) in [6.45, 7) is 9.84. The summed E-state index contributed by atoms with van der Waals surface area (Å²) in [5.74, 6) is 1.32. The lowest BCUT2D eigenvalue weighted by Crippen LogP contribution is -2.25. The van der Waals surface area contributed by atoms with E-state index >= 15 is 0 Å². The van der Waals surface area contributed by atoms with Gasteiger partial charge in [0.25, 0.3) is 0 Å². The molecule has 5 heteroatoms. The summed E-state index contributed by atoms with van der Waals surface area (Å²) in [6, 6.07) is 14.4. The number of esters is 1. The molecule has 0 aliphatic carbocycles. The monoisotopic (exact) mass is 431 g/mol. The van der Waals surface area contributed by atoms with E-state index in [4.69, 9.17) is 9.72 Å². The molecule has 1 heterocycles. The second-order valence-electron chi connectivity index (χ2n) is 8.23. The van der Waals surface area contributed by atoms with E-state index in [0.29, 0.717) is 12.2 Å². The Hall–Kier alpha value is -3.21. The number of aromatic nitrogens is 2. The zero-order valence-electron chi connectivity index (χ0n) is 19.6. The van der Waals surface area contributed by atoms with E-state index in [1.807, 2.05) is 38.4 Å². The molecule has 1 aromatic heterocycles. The molecule has 0 spiro atoms. The SMILES string of the molecule is CCCCN(Cc1ccc(OC(=O)CCC)c(C)c1)c1cncc(-c2ccc(C)cc2)n1. The van der Waals surface area contributed by atoms with Crippen LogP contribution in [-0.4, -0.2) is 22.5 Å². The highest BCUT2D eigenvalue weighted by molar-refractivity contribution is 5.72. The standard InChI is InChI=1S/C27H33N3O2/c1-5-7-15-30(19-22-11-14-25(21(4)16-22)32-27(31)8-6-2)26-18-28-17-24(29-26)23-12-9-20(3)10-13-23/h9-14,16-18H,5-8,15,19H2,1-4H3. The van der Waals surface area contributed by atoms with Gasteiger partial charge in [-0.05, 0) is 43.9 Å². The van der Waals surface area contributed by atoms with E-state index in [2.05, 4.69) is 54.1 Å². The molecule has 32 heavy (non-hydrogen) atoms. The second-order valence-corrected chi connectivity index (χ2v) is 8.23. The number of unbranched alkanes of at least 4 members (excludes halogenated alkanes) is 1. The predicted octanol–water partition coefficient (Wildman–Crippen LogP) is 6.27. The van der Waals surface area contributed by atoms with Crippen LogP contribution in [0.1, 0.15) is 56.2 Å². The highest BCUT2D eigenvalue weighted by Crippen LogP contribution is 2.24. The number of carbonyl (C=O) groups excluding carboxylic acids is 1. The van der Waals surface area contributed by atoms with Gasteiger partial charge in [-0.15, -0.1) is 0 Å². The van der Waals surface area contributed by atoms with Crippen LogP contribution in [-0.2, 0) is 11.3 Å². The molecular weight excluding hydrogens is 398 g/mol. The summed E-state index contributed by atoms with van der Waals surface area (Å²) in [4.78, 5) is 23.5. The Labute approximate surface area is 191 Å². The van der Waals surface area contributed by atoms with Crippen LogP contribution in [0.4, 0.5) is 5.82 Å². The number of carbonyl (C=O) groups is 1. The van der Waals surface area contributed by atoms with Gasteiger partial charge < -0.3 is 9.64 Å². The molecule has 3 aromatic rings. The quantitative estimate of drug-likeness (QED) is 0.280. The van der Waals surface area contributed by atoms with Crippen molar-refractivity contribution in [2.75, 3.05) is 11.4 Å². The first kappa shape index (κ1) is 23.5. The Kier molecular flexibility index (Phi) is 8.37. The maximum Gasteiger partial charge on any atom is 0.311 e. The maximum atomic E-state index is 11.9. The third kappa shape index (κ3) is 6.39. The summed E-state index contributed by atoms with van der Waals surface area (Å²) in [5.41, 5.74) is 5.27. The van der Waals surface area contributed by atoms with Crippen molar-refractivity contribution >= 4 is 11.8 Å². The summed E-state index contributed by atoms with van der Waals surface area (Å²) in [6.07, 6.45) is 7.04. The Morgan fingerprint density at radius 2 is 1.78 bits per heavy atom. The lowest BCUT2D eigenvalue weighted by Gasteiger charge is -2.24. The minimum absolute atomic E-state index is 0.184. The first-order valence-corrected chi connectivity index (χ1v) is 11.4. The Balaban J connectivity index is 1.81. The molecule has 0 saturated heterocycles. The van der Waals surface area contributed by atoms with E-state index in [1.165, 1.54) is 5.56 Å². The Morgan fingerprint density at radius 1 is 1.00 bits per heavy atom. The topological polar surface area (TPSA) is 55.3 Å². The third-order valence-corrected chi connectivity index (χ3v) is 5.37. The number of hydrogen-bond donors (Lipinski definition) is 0. The molecule has 0 N–H and O–H groups in total. The fraction of sp³-hybridized carbons (Fsp3) is 0.370. The molecule has 0 fully saturated rings. The lowest BCUT2D eigenvalue weighted by molar-refractivity contribution is -0.134. The summed E-state index contributed by atoms with van der Waals surface area (Å²) < 4.78 is 5.49. The van der Waals surface area contributed by atoms with E-state index in [1.54, 1.807) is 0 Å². The van der Waals surface area contributed by atoms with Gasteiger partial charge >= 0.3 is 5.97 Å². The van der Waals surface area contributed by atoms with Gasteiger partial charge in [-0.2, -0.15) is 0 Å². The lowest BCUT2D eigenvalue weighted by atomic mass is 10.1. The smallest absolute Gasteiger partial charge is 0.311 e. The first-order chi connectivity index (χ1) is 15.5. The van der Waals surface area contributed by atoms with Crippen LogP contribution >= 0.6 is 0 Å².